The molecule has 0 saturated heterocycles. The Labute approximate surface area is 157 Å². The Morgan fingerprint density at radius 1 is 1.35 bits per heavy atom. The van der Waals surface area contributed by atoms with Crippen molar-refractivity contribution in [3.63, 3.8) is 0 Å². The van der Waals surface area contributed by atoms with Gasteiger partial charge in [0.05, 0.1) is 6.04 Å². The minimum absolute atomic E-state index is 0.00796. The van der Waals surface area contributed by atoms with Gasteiger partial charge in [-0.1, -0.05) is 6.92 Å². The van der Waals surface area contributed by atoms with Crippen LogP contribution in [0.4, 0.5) is 0 Å². The van der Waals surface area contributed by atoms with Gasteiger partial charge in [-0.05, 0) is 31.5 Å². The molecule has 26 heavy (non-hydrogen) atoms. The summed E-state index contributed by atoms with van der Waals surface area (Å²) in [7, 11) is 0. The third-order valence-corrected chi connectivity index (χ3v) is 4.98. The average Bonchev–Trinajstić information content (AvgIpc) is 3.10. The van der Waals surface area contributed by atoms with Gasteiger partial charge in [-0.15, -0.1) is 22.0 Å². The highest BCUT2D eigenvalue weighted by atomic mass is 32.2. The van der Waals surface area contributed by atoms with E-state index in [1.165, 1.54) is 0 Å². The Morgan fingerprint density at radius 3 is 2.96 bits per heavy atom. The third-order valence-electron chi connectivity index (χ3n) is 3.99. The summed E-state index contributed by atoms with van der Waals surface area (Å²) < 4.78 is 13.1. The molecule has 0 spiro atoms. The van der Waals surface area contributed by atoms with Crippen molar-refractivity contribution in [2.45, 2.75) is 44.2 Å². The van der Waals surface area contributed by atoms with Crippen LogP contribution >= 0.6 is 11.8 Å². The monoisotopic (exact) mass is 376 g/mol. The first-order valence-corrected chi connectivity index (χ1v) is 9.85. The number of benzene rings is 1. The number of hydrogen-bond acceptors (Lipinski definition) is 6. The number of fused-ring (bicyclic) bond motifs is 1. The van der Waals surface area contributed by atoms with Crippen LogP contribution in [0.2, 0.25) is 0 Å². The summed E-state index contributed by atoms with van der Waals surface area (Å²) in [5.41, 5.74) is 0. The van der Waals surface area contributed by atoms with E-state index >= 15 is 0 Å². The lowest BCUT2D eigenvalue weighted by atomic mass is 10.3. The number of rotatable bonds is 8. The molecule has 3 rings (SSSR count). The van der Waals surface area contributed by atoms with E-state index in [4.69, 9.17) is 9.47 Å². The van der Waals surface area contributed by atoms with Gasteiger partial charge in [0.15, 0.2) is 17.3 Å². The first kappa shape index (κ1) is 18.6. The highest BCUT2D eigenvalue weighted by Crippen LogP contribution is 2.34. The number of thioether (sulfide) groups is 1. The Hall–Kier alpha value is -2.22. The zero-order valence-corrected chi connectivity index (χ0v) is 15.9. The van der Waals surface area contributed by atoms with E-state index in [-0.39, 0.29) is 11.9 Å². The lowest BCUT2D eigenvalue weighted by Gasteiger charge is -2.18. The SMILES string of the molecule is CCCn1cnnc1[C@H](C)NC(=O)CCSc1ccc2c(c1)OCCO2. The summed E-state index contributed by atoms with van der Waals surface area (Å²) in [6.07, 6.45) is 3.14. The largest absolute Gasteiger partial charge is 0.486 e. The second kappa shape index (κ2) is 8.93. The van der Waals surface area contributed by atoms with E-state index in [1.807, 2.05) is 29.7 Å². The number of carbonyl (C=O) groups excluding carboxylic acids is 1. The molecule has 8 heteroatoms. The summed E-state index contributed by atoms with van der Waals surface area (Å²) in [6.45, 7) is 6.04. The van der Waals surface area contributed by atoms with Gasteiger partial charge in [0, 0.05) is 23.6 Å². The van der Waals surface area contributed by atoms with Gasteiger partial charge >= 0.3 is 0 Å². The molecule has 0 aliphatic carbocycles. The number of ether oxygens (including phenoxy) is 2. The lowest BCUT2D eigenvalue weighted by Crippen LogP contribution is -2.29. The highest BCUT2D eigenvalue weighted by Gasteiger charge is 2.16. The summed E-state index contributed by atoms with van der Waals surface area (Å²) >= 11 is 1.63. The molecule has 2 aromatic rings. The van der Waals surface area contributed by atoms with Gasteiger partial charge in [-0.3, -0.25) is 4.79 Å². The fourth-order valence-corrected chi connectivity index (χ4v) is 3.64. The van der Waals surface area contributed by atoms with Gasteiger partial charge < -0.3 is 19.4 Å². The predicted octanol–water partition coefficient (Wildman–Crippen LogP) is 2.82. The number of amides is 1. The molecule has 1 aliphatic heterocycles. The number of carbonyl (C=O) groups is 1. The molecule has 1 N–H and O–H groups in total. The molecule has 0 unspecified atom stereocenters. The third kappa shape index (κ3) is 4.69. The molecular weight excluding hydrogens is 352 g/mol. The van der Waals surface area contributed by atoms with Gasteiger partial charge in [-0.25, -0.2) is 0 Å². The molecule has 0 radical (unpaired) electrons. The minimum atomic E-state index is -0.157. The molecule has 1 amide bonds. The normalized spacial score (nSPS) is 14.1. The predicted molar refractivity (Wildman–Crippen MR) is 99.6 cm³/mol. The smallest absolute Gasteiger partial charge is 0.221 e. The number of hydrogen-bond donors (Lipinski definition) is 1. The van der Waals surface area contributed by atoms with E-state index in [2.05, 4.69) is 22.4 Å². The summed E-state index contributed by atoms with van der Waals surface area (Å²) in [5, 5.41) is 11.1. The molecule has 1 aromatic carbocycles. The molecule has 1 atom stereocenters. The highest BCUT2D eigenvalue weighted by molar-refractivity contribution is 7.99. The molecule has 0 bridgehead atoms. The molecular formula is C18H24N4O3S. The van der Waals surface area contributed by atoms with Crippen LogP contribution in [0.25, 0.3) is 0 Å². The maximum atomic E-state index is 12.2. The van der Waals surface area contributed by atoms with E-state index in [1.54, 1.807) is 18.1 Å². The van der Waals surface area contributed by atoms with Crippen molar-refractivity contribution in [1.82, 2.24) is 20.1 Å². The van der Waals surface area contributed by atoms with Crippen LogP contribution in [0.3, 0.4) is 0 Å². The van der Waals surface area contributed by atoms with Gasteiger partial charge in [0.2, 0.25) is 5.91 Å². The van der Waals surface area contributed by atoms with Crippen LogP contribution in [-0.4, -0.2) is 39.6 Å². The van der Waals surface area contributed by atoms with Crippen molar-refractivity contribution in [2.24, 2.45) is 0 Å². The quantitative estimate of drug-likeness (QED) is 0.714. The maximum Gasteiger partial charge on any atom is 0.221 e. The van der Waals surface area contributed by atoms with Crippen molar-refractivity contribution >= 4 is 17.7 Å². The number of nitrogens with zero attached hydrogens (tertiary/aromatic N) is 3. The van der Waals surface area contributed by atoms with E-state index in [0.717, 1.165) is 35.2 Å². The standard InChI is InChI=1S/C18H24N4O3S/c1-3-7-22-12-19-21-18(22)13(2)20-17(23)6-10-26-14-4-5-15-16(11-14)25-9-8-24-15/h4-5,11-13H,3,6-10H2,1-2H3,(H,20,23)/t13-/m0/s1. The number of nitrogens with one attached hydrogen (secondary N) is 1. The topological polar surface area (TPSA) is 78.3 Å². The summed E-state index contributed by atoms with van der Waals surface area (Å²) in [6, 6.07) is 5.72. The minimum Gasteiger partial charge on any atom is -0.486 e. The number of aryl methyl sites for hydroxylation is 1. The maximum absolute atomic E-state index is 12.2. The average molecular weight is 376 g/mol. The van der Waals surface area contributed by atoms with Crippen molar-refractivity contribution in [3.05, 3.63) is 30.4 Å². The Balaban J connectivity index is 1.46. The Bertz CT molecular complexity index is 750. The molecule has 0 fully saturated rings. The van der Waals surface area contributed by atoms with Crippen LogP contribution in [0.5, 0.6) is 11.5 Å². The summed E-state index contributed by atoms with van der Waals surface area (Å²) in [4.78, 5) is 13.3. The van der Waals surface area contributed by atoms with Crippen LogP contribution < -0.4 is 14.8 Å². The second-order valence-corrected chi connectivity index (χ2v) is 7.24. The fraction of sp³-hybridized carbons (Fsp3) is 0.500. The summed E-state index contributed by atoms with van der Waals surface area (Å²) in [5.74, 6) is 3.05. The zero-order valence-electron chi connectivity index (χ0n) is 15.1. The van der Waals surface area contributed by atoms with Crippen molar-refractivity contribution in [3.8, 4) is 11.5 Å². The van der Waals surface area contributed by atoms with Crippen LogP contribution in [0.15, 0.2) is 29.4 Å². The van der Waals surface area contributed by atoms with Gasteiger partial charge in [0.25, 0.3) is 0 Å². The first-order valence-electron chi connectivity index (χ1n) is 8.87. The molecule has 1 aromatic heterocycles. The van der Waals surface area contributed by atoms with Crippen molar-refractivity contribution in [1.29, 1.82) is 0 Å². The van der Waals surface area contributed by atoms with Crippen LogP contribution in [-0.2, 0) is 11.3 Å². The Morgan fingerprint density at radius 2 is 2.15 bits per heavy atom. The fourth-order valence-electron chi connectivity index (χ4n) is 2.77. The van der Waals surface area contributed by atoms with E-state index in [9.17, 15) is 4.79 Å². The second-order valence-electron chi connectivity index (χ2n) is 6.08. The van der Waals surface area contributed by atoms with Crippen molar-refractivity contribution < 1.29 is 14.3 Å². The molecule has 7 nitrogen and oxygen atoms in total. The van der Waals surface area contributed by atoms with Gasteiger partial charge in [-0.2, -0.15) is 0 Å². The zero-order chi connectivity index (χ0) is 18.4. The molecule has 140 valence electrons. The first-order chi connectivity index (χ1) is 12.7. The molecule has 0 saturated carbocycles. The lowest BCUT2D eigenvalue weighted by molar-refractivity contribution is -0.121. The van der Waals surface area contributed by atoms with Crippen molar-refractivity contribution in [2.75, 3.05) is 19.0 Å². The van der Waals surface area contributed by atoms with E-state index in [0.29, 0.717) is 25.4 Å². The van der Waals surface area contributed by atoms with Crippen LogP contribution in [0, 0.1) is 0 Å². The van der Waals surface area contributed by atoms with Gasteiger partial charge in [0.1, 0.15) is 19.5 Å². The number of aromatic nitrogens is 3. The molecule has 2 heterocycles. The van der Waals surface area contributed by atoms with Crippen LogP contribution in [0.1, 0.15) is 38.6 Å². The van der Waals surface area contributed by atoms with E-state index < -0.39 is 0 Å². The molecule has 1 aliphatic rings. The Kier molecular flexibility index (Phi) is 6.38.